The zero-order valence-corrected chi connectivity index (χ0v) is 13.7. The molecule has 2 rings (SSSR count). The Morgan fingerprint density at radius 3 is 2.90 bits per heavy atom. The summed E-state index contributed by atoms with van der Waals surface area (Å²) in [5, 5.41) is 7.10. The van der Waals surface area contributed by atoms with E-state index in [1.165, 1.54) is 6.08 Å². The summed E-state index contributed by atoms with van der Waals surface area (Å²) in [6.45, 7) is 4.16. The molecule has 1 aromatic heterocycles. The molecule has 2 aromatic rings. The summed E-state index contributed by atoms with van der Waals surface area (Å²) >= 11 is 3.45. The molecule has 1 aromatic carbocycles. The minimum atomic E-state index is -0.171. The average Bonchev–Trinajstić information content (AvgIpc) is 2.93. The molecule has 1 heterocycles. The Labute approximate surface area is 133 Å². The van der Waals surface area contributed by atoms with Crippen LogP contribution in [-0.4, -0.2) is 15.7 Å². The molecule has 1 unspecified atom stereocenters. The lowest BCUT2D eigenvalue weighted by Crippen LogP contribution is -2.15. The molecule has 21 heavy (non-hydrogen) atoms. The van der Waals surface area contributed by atoms with Gasteiger partial charge in [-0.15, -0.1) is 0 Å². The highest BCUT2D eigenvalue weighted by Gasteiger charge is 2.09. The number of nitrogens with one attached hydrogen (secondary N) is 1. The molecule has 110 valence electrons. The van der Waals surface area contributed by atoms with Crippen LogP contribution in [0.15, 0.2) is 47.1 Å². The third-order valence-electron chi connectivity index (χ3n) is 3.25. The molecule has 1 atom stereocenters. The molecule has 0 aliphatic carbocycles. The normalized spacial score (nSPS) is 12.5. The average molecular weight is 348 g/mol. The van der Waals surface area contributed by atoms with Gasteiger partial charge >= 0.3 is 0 Å². The molecule has 0 aliphatic heterocycles. The third kappa shape index (κ3) is 4.04. The largest absolute Gasteiger partial charge is 0.307 e. The molecule has 0 bridgehead atoms. The number of carbonyl (C=O) groups excluding carboxylic acids is 1. The van der Waals surface area contributed by atoms with Crippen molar-refractivity contribution in [2.75, 3.05) is 5.32 Å². The van der Waals surface area contributed by atoms with E-state index in [1.807, 2.05) is 28.9 Å². The fourth-order valence-electron chi connectivity index (χ4n) is 1.88. The van der Waals surface area contributed by atoms with Gasteiger partial charge in [0.2, 0.25) is 5.91 Å². The summed E-state index contributed by atoms with van der Waals surface area (Å²) < 4.78 is 2.78. The van der Waals surface area contributed by atoms with Crippen molar-refractivity contribution in [2.45, 2.75) is 26.3 Å². The summed E-state index contributed by atoms with van der Waals surface area (Å²) in [5.74, 6) is 0.543. The van der Waals surface area contributed by atoms with E-state index in [4.69, 9.17) is 0 Å². The van der Waals surface area contributed by atoms with E-state index >= 15 is 0 Å². The highest BCUT2D eigenvalue weighted by molar-refractivity contribution is 9.10. The van der Waals surface area contributed by atoms with Crippen LogP contribution in [0.25, 0.3) is 6.08 Å². The van der Waals surface area contributed by atoms with Gasteiger partial charge < -0.3 is 5.32 Å². The third-order valence-corrected chi connectivity index (χ3v) is 3.97. The Balaban J connectivity index is 2.06. The van der Waals surface area contributed by atoms with Gasteiger partial charge in [-0.2, -0.15) is 5.10 Å². The SMILES string of the molecule is CCC(C)n1nccc1NC(=O)/C=C/c1ccccc1Br. The topological polar surface area (TPSA) is 46.9 Å². The molecule has 4 nitrogen and oxygen atoms in total. The quantitative estimate of drug-likeness (QED) is 0.821. The van der Waals surface area contributed by atoms with Gasteiger partial charge in [-0.25, -0.2) is 4.68 Å². The van der Waals surface area contributed by atoms with Crippen LogP contribution in [0.4, 0.5) is 5.82 Å². The van der Waals surface area contributed by atoms with Crippen molar-refractivity contribution >= 4 is 33.7 Å². The lowest BCUT2D eigenvalue weighted by molar-refractivity contribution is -0.111. The zero-order chi connectivity index (χ0) is 15.2. The molecule has 1 N–H and O–H groups in total. The Kier molecular flexibility index (Phi) is 5.33. The lowest BCUT2D eigenvalue weighted by Gasteiger charge is -2.13. The summed E-state index contributed by atoms with van der Waals surface area (Å²) in [4.78, 5) is 12.0. The standard InChI is InChI=1S/C16H18BrN3O/c1-3-12(2)20-15(10-11-18-20)19-16(21)9-8-13-6-4-5-7-14(13)17/h4-12H,3H2,1-2H3,(H,19,21)/b9-8+. The van der Waals surface area contributed by atoms with Crippen LogP contribution in [0, 0.1) is 0 Å². The van der Waals surface area contributed by atoms with Crippen LogP contribution in [0.3, 0.4) is 0 Å². The first-order valence-corrected chi connectivity index (χ1v) is 7.68. The molecular weight excluding hydrogens is 330 g/mol. The van der Waals surface area contributed by atoms with Crippen molar-refractivity contribution in [1.29, 1.82) is 0 Å². The number of amides is 1. The fraction of sp³-hybridized carbons (Fsp3) is 0.250. The van der Waals surface area contributed by atoms with E-state index in [-0.39, 0.29) is 11.9 Å². The van der Waals surface area contributed by atoms with Crippen LogP contribution < -0.4 is 5.32 Å². The van der Waals surface area contributed by atoms with Gasteiger partial charge in [-0.1, -0.05) is 41.1 Å². The molecular formula is C16H18BrN3O. The van der Waals surface area contributed by atoms with Crippen LogP contribution in [0.1, 0.15) is 31.9 Å². The number of hydrogen-bond acceptors (Lipinski definition) is 2. The number of benzene rings is 1. The van der Waals surface area contributed by atoms with Crippen molar-refractivity contribution in [3.63, 3.8) is 0 Å². The van der Waals surface area contributed by atoms with Crippen molar-refractivity contribution < 1.29 is 4.79 Å². The summed E-state index contributed by atoms with van der Waals surface area (Å²) in [7, 11) is 0. The minimum Gasteiger partial charge on any atom is -0.307 e. The van der Waals surface area contributed by atoms with Crippen molar-refractivity contribution in [3.8, 4) is 0 Å². The van der Waals surface area contributed by atoms with E-state index < -0.39 is 0 Å². The van der Waals surface area contributed by atoms with Crippen molar-refractivity contribution in [3.05, 3.63) is 52.6 Å². The molecule has 0 aliphatic rings. The second-order valence-electron chi connectivity index (χ2n) is 4.76. The first-order valence-electron chi connectivity index (χ1n) is 6.89. The molecule has 5 heteroatoms. The maximum Gasteiger partial charge on any atom is 0.249 e. The molecule has 0 spiro atoms. The molecule has 0 fully saturated rings. The first-order chi connectivity index (χ1) is 10.1. The maximum atomic E-state index is 12.0. The Morgan fingerprint density at radius 1 is 1.43 bits per heavy atom. The fourth-order valence-corrected chi connectivity index (χ4v) is 2.30. The van der Waals surface area contributed by atoms with Crippen LogP contribution in [0.5, 0.6) is 0 Å². The van der Waals surface area contributed by atoms with Crippen LogP contribution in [0.2, 0.25) is 0 Å². The summed E-state index contributed by atoms with van der Waals surface area (Å²) in [5.41, 5.74) is 0.961. The number of aromatic nitrogens is 2. The van der Waals surface area contributed by atoms with Gasteiger partial charge in [0.1, 0.15) is 5.82 Å². The Bertz CT molecular complexity index is 648. The Morgan fingerprint density at radius 2 is 2.19 bits per heavy atom. The highest BCUT2D eigenvalue weighted by Crippen LogP contribution is 2.18. The number of carbonyl (C=O) groups is 1. The molecule has 0 saturated heterocycles. The number of halogens is 1. The number of nitrogens with zero attached hydrogens (tertiary/aromatic N) is 2. The summed E-state index contributed by atoms with van der Waals surface area (Å²) in [6, 6.07) is 9.80. The van der Waals surface area contributed by atoms with E-state index in [0.717, 1.165) is 16.5 Å². The van der Waals surface area contributed by atoms with Gasteiger partial charge in [0, 0.05) is 16.6 Å². The minimum absolute atomic E-state index is 0.171. The van der Waals surface area contributed by atoms with E-state index in [0.29, 0.717) is 5.82 Å². The summed E-state index contributed by atoms with van der Waals surface area (Å²) in [6.07, 6.45) is 5.95. The molecule has 0 saturated carbocycles. The van der Waals surface area contributed by atoms with Gasteiger partial charge in [0.05, 0.1) is 12.2 Å². The smallest absolute Gasteiger partial charge is 0.249 e. The van der Waals surface area contributed by atoms with Gasteiger partial charge in [0.15, 0.2) is 0 Å². The predicted octanol–water partition coefficient (Wildman–Crippen LogP) is 4.27. The first kappa shape index (κ1) is 15.5. The molecule has 1 amide bonds. The second kappa shape index (κ2) is 7.22. The lowest BCUT2D eigenvalue weighted by atomic mass is 10.2. The van der Waals surface area contributed by atoms with E-state index in [2.05, 4.69) is 40.2 Å². The van der Waals surface area contributed by atoms with Gasteiger partial charge in [-0.3, -0.25) is 4.79 Å². The van der Waals surface area contributed by atoms with Crippen molar-refractivity contribution in [2.24, 2.45) is 0 Å². The number of hydrogen-bond donors (Lipinski definition) is 1. The maximum absolute atomic E-state index is 12.0. The van der Waals surface area contributed by atoms with Crippen molar-refractivity contribution in [1.82, 2.24) is 9.78 Å². The van der Waals surface area contributed by atoms with E-state index in [1.54, 1.807) is 18.3 Å². The van der Waals surface area contributed by atoms with Gasteiger partial charge in [-0.05, 0) is 31.1 Å². The zero-order valence-electron chi connectivity index (χ0n) is 12.1. The van der Waals surface area contributed by atoms with E-state index in [9.17, 15) is 4.79 Å². The second-order valence-corrected chi connectivity index (χ2v) is 5.62. The monoisotopic (exact) mass is 347 g/mol. The van der Waals surface area contributed by atoms with Crippen LogP contribution >= 0.6 is 15.9 Å². The predicted molar refractivity (Wildman–Crippen MR) is 89.0 cm³/mol. The molecule has 0 radical (unpaired) electrons. The number of anilines is 1. The Hall–Kier alpha value is -1.88. The number of rotatable bonds is 5. The van der Waals surface area contributed by atoms with Gasteiger partial charge in [0.25, 0.3) is 0 Å². The van der Waals surface area contributed by atoms with Crippen LogP contribution in [-0.2, 0) is 4.79 Å². The highest BCUT2D eigenvalue weighted by atomic mass is 79.9.